The van der Waals surface area contributed by atoms with Gasteiger partial charge in [0, 0.05) is 31.5 Å². The maximum atomic E-state index is 12.2. The molecule has 2 heterocycles. The molecule has 142 valence electrons. The van der Waals surface area contributed by atoms with Gasteiger partial charge in [-0.05, 0) is 42.5 Å². The van der Waals surface area contributed by atoms with Crippen LogP contribution in [0.1, 0.15) is 35.7 Å². The average molecular weight is 397 g/mol. The van der Waals surface area contributed by atoms with Crippen LogP contribution < -0.4 is 16.0 Å². The SMILES string of the molecule is CC1CCN(c2ccc(CNC(=O)c3ccccc3N)cn2)CC1.Cl.Cl. The van der Waals surface area contributed by atoms with Gasteiger partial charge in [0.2, 0.25) is 0 Å². The summed E-state index contributed by atoms with van der Waals surface area (Å²) in [6.07, 6.45) is 4.28. The van der Waals surface area contributed by atoms with E-state index in [1.54, 1.807) is 18.2 Å². The van der Waals surface area contributed by atoms with Gasteiger partial charge in [-0.3, -0.25) is 4.79 Å². The average Bonchev–Trinajstić information content (AvgIpc) is 2.61. The molecule has 0 atom stereocenters. The van der Waals surface area contributed by atoms with Crippen LogP contribution in [0.15, 0.2) is 42.6 Å². The Bertz CT molecular complexity index is 701. The van der Waals surface area contributed by atoms with Gasteiger partial charge in [-0.2, -0.15) is 0 Å². The predicted molar refractivity (Wildman–Crippen MR) is 111 cm³/mol. The number of amides is 1. The smallest absolute Gasteiger partial charge is 0.253 e. The van der Waals surface area contributed by atoms with Crippen molar-refractivity contribution in [1.29, 1.82) is 0 Å². The third kappa shape index (κ3) is 5.51. The molecule has 1 aromatic carbocycles. The fourth-order valence-electron chi connectivity index (χ4n) is 2.93. The molecule has 2 aromatic rings. The summed E-state index contributed by atoms with van der Waals surface area (Å²) < 4.78 is 0. The monoisotopic (exact) mass is 396 g/mol. The molecule has 1 saturated heterocycles. The third-order valence-electron chi connectivity index (χ3n) is 4.58. The molecule has 1 amide bonds. The first-order valence-electron chi connectivity index (χ1n) is 8.46. The lowest BCUT2D eigenvalue weighted by molar-refractivity contribution is 0.0952. The largest absolute Gasteiger partial charge is 0.398 e. The number of anilines is 2. The summed E-state index contributed by atoms with van der Waals surface area (Å²) in [7, 11) is 0. The molecule has 1 aromatic heterocycles. The van der Waals surface area contributed by atoms with Crippen molar-refractivity contribution < 1.29 is 4.79 Å². The van der Waals surface area contributed by atoms with Gasteiger partial charge in [0.25, 0.3) is 5.91 Å². The quantitative estimate of drug-likeness (QED) is 0.773. The van der Waals surface area contributed by atoms with Crippen LogP contribution in [0.2, 0.25) is 0 Å². The number of pyridine rings is 1. The molecule has 1 fully saturated rings. The van der Waals surface area contributed by atoms with Crippen molar-refractivity contribution in [2.75, 3.05) is 23.7 Å². The zero-order valence-corrected chi connectivity index (χ0v) is 16.5. The van der Waals surface area contributed by atoms with Gasteiger partial charge in [-0.1, -0.05) is 25.1 Å². The normalized spacial score (nSPS) is 14.1. The number of nitrogen functional groups attached to an aromatic ring is 1. The van der Waals surface area contributed by atoms with E-state index in [4.69, 9.17) is 5.73 Å². The number of rotatable bonds is 4. The van der Waals surface area contributed by atoms with Crippen LogP contribution in [0.4, 0.5) is 11.5 Å². The molecular weight excluding hydrogens is 371 g/mol. The Morgan fingerprint density at radius 2 is 1.88 bits per heavy atom. The van der Waals surface area contributed by atoms with Crippen molar-refractivity contribution in [3.8, 4) is 0 Å². The van der Waals surface area contributed by atoms with Gasteiger partial charge in [0.1, 0.15) is 5.82 Å². The van der Waals surface area contributed by atoms with Crippen molar-refractivity contribution in [2.24, 2.45) is 5.92 Å². The highest BCUT2D eigenvalue weighted by molar-refractivity contribution is 5.98. The summed E-state index contributed by atoms with van der Waals surface area (Å²) in [6, 6.07) is 11.1. The molecule has 0 bridgehead atoms. The maximum Gasteiger partial charge on any atom is 0.253 e. The first kappa shape index (κ1) is 22.1. The van der Waals surface area contributed by atoms with E-state index in [1.165, 1.54) is 12.8 Å². The molecule has 3 N–H and O–H groups in total. The Labute approximate surface area is 167 Å². The van der Waals surface area contributed by atoms with Gasteiger partial charge in [0.05, 0.1) is 5.56 Å². The summed E-state index contributed by atoms with van der Waals surface area (Å²) in [5.41, 5.74) is 7.80. The predicted octanol–water partition coefficient (Wildman–Crippen LogP) is 3.67. The highest BCUT2D eigenvalue weighted by Gasteiger charge is 2.16. The number of benzene rings is 1. The van der Waals surface area contributed by atoms with E-state index < -0.39 is 0 Å². The van der Waals surface area contributed by atoms with Crippen LogP contribution in [0.5, 0.6) is 0 Å². The number of hydrogen-bond donors (Lipinski definition) is 2. The molecule has 5 nitrogen and oxygen atoms in total. The van der Waals surface area contributed by atoms with Gasteiger partial charge in [-0.15, -0.1) is 24.8 Å². The second kappa shape index (κ2) is 10.2. The number of nitrogens with zero attached hydrogens (tertiary/aromatic N) is 2. The summed E-state index contributed by atoms with van der Waals surface area (Å²) in [5, 5.41) is 2.89. The number of nitrogens with one attached hydrogen (secondary N) is 1. The molecular formula is C19H26Cl2N4O. The summed E-state index contributed by atoms with van der Waals surface area (Å²) in [4.78, 5) is 19.0. The van der Waals surface area contributed by atoms with Crippen molar-refractivity contribution in [3.05, 3.63) is 53.7 Å². The first-order valence-corrected chi connectivity index (χ1v) is 8.46. The Morgan fingerprint density at radius 1 is 1.19 bits per heavy atom. The van der Waals surface area contributed by atoms with Crippen molar-refractivity contribution in [1.82, 2.24) is 10.3 Å². The van der Waals surface area contributed by atoms with Crippen LogP contribution in [-0.2, 0) is 6.54 Å². The number of hydrogen-bond acceptors (Lipinski definition) is 4. The Kier molecular flexibility index (Phi) is 8.69. The second-order valence-corrected chi connectivity index (χ2v) is 6.46. The lowest BCUT2D eigenvalue weighted by atomic mass is 9.99. The minimum absolute atomic E-state index is 0. The number of nitrogens with two attached hydrogens (primary N) is 1. The molecule has 0 radical (unpaired) electrons. The summed E-state index contributed by atoms with van der Waals surface area (Å²) in [5.74, 6) is 1.66. The van der Waals surface area contributed by atoms with Crippen molar-refractivity contribution in [2.45, 2.75) is 26.3 Å². The number of para-hydroxylation sites is 1. The van der Waals surface area contributed by atoms with E-state index in [1.807, 2.05) is 24.4 Å². The fraction of sp³-hybridized carbons (Fsp3) is 0.368. The van der Waals surface area contributed by atoms with Crippen molar-refractivity contribution >= 4 is 42.2 Å². The van der Waals surface area contributed by atoms with E-state index in [0.717, 1.165) is 30.4 Å². The van der Waals surface area contributed by atoms with Gasteiger partial charge in [0.15, 0.2) is 0 Å². The lowest BCUT2D eigenvalue weighted by Crippen LogP contribution is -2.33. The molecule has 3 rings (SSSR count). The van der Waals surface area contributed by atoms with Crippen LogP contribution in [0.3, 0.4) is 0 Å². The zero-order valence-electron chi connectivity index (χ0n) is 14.9. The van der Waals surface area contributed by atoms with Gasteiger partial charge in [-0.25, -0.2) is 4.98 Å². The summed E-state index contributed by atoms with van der Waals surface area (Å²) >= 11 is 0. The number of piperidine rings is 1. The second-order valence-electron chi connectivity index (χ2n) is 6.46. The first-order chi connectivity index (χ1) is 11.6. The number of carbonyl (C=O) groups is 1. The van der Waals surface area contributed by atoms with Crippen molar-refractivity contribution in [3.63, 3.8) is 0 Å². The lowest BCUT2D eigenvalue weighted by Gasteiger charge is -2.31. The summed E-state index contributed by atoms with van der Waals surface area (Å²) in [6.45, 7) is 4.88. The van der Waals surface area contributed by atoms with E-state index in [0.29, 0.717) is 17.8 Å². The molecule has 1 aliphatic rings. The Balaban J connectivity index is 0.00000169. The highest BCUT2D eigenvalue weighted by Crippen LogP contribution is 2.21. The van der Waals surface area contributed by atoms with Crippen LogP contribution in [0, 0.1) is 5.92 Å². The molecule has 0 spiro atoms. The van der Waals surface area contributed by atoms with E-state index in [9.17, 15) is 4.79 Å². The van der Waals surface area contributed by atoms with Gasteiger partial charge < -0.3 is 16.0 Å². The topological polar surface area (TPSA) is 71.2 Å². The minimum atomic E-state index is -0.165. The molecule has 0 unspecified atom stereocenters. The molecule has 7 heteroatoms. The maximum absolute atomic E-state index is 12.2. The van der Waals surface area contributed by atoms with Crippen LogP contribution >= 0.6 is 24.8 Å². The minimum Gasteiger partial charge on any atom is -0.398 e. The molecule has 0 saturated carbocycles. The van der Waals surface area contributed by atoms with Crippen LogP contribution in [-0.4, -0.2) is 24.0 Å². The molecule has 26 heavy (non-hydrogen) atoms. The van der Waals surface area contributed by atoms with E-state index in [-0.39, 0.29) is 30.7 Å². The van der Waals surface area contributed by atoms with E-state index >= 15 is 0 Å². The highest BCUT2D eigenvalue weighted by atomic mass is 35.5. The fourth-order valence-corrected chi connectivity index (χ4v) is 2.93. The molecule has 1 aliphatic heterocycles. The Hall–Kier alpha value is -1.98. The van der Waals surface area contributed by atoms with Crippen LogP contribution in [0.25, 0.3) is 0 Å². The standard InChI is InChI=1S/C19H24N4O.2ClH/c1-14-8-10-23(11-9-14)18-7-6-15(12-21-18)13-22-19(24)16-4-2-3-5-17(16)20;;/h2-7,12,14H,8-11,13,20H2,1H3,(H,22,24);2*1H. The van der Waals surface area contributed by atoms with E-state index in [2.05, 4.69) is 22.1 Å². The Morgan fingerprint density at radius 3 is 2.50 bits per heavy atom. The number of halogens is 2. The number of aromatic nitrogens is 1. The number of carbonyl (C=O) groups excluding carboxylic acids is 1. The zero-order chi connectivity index (χ0) is 16.9. The van der Waals surface area contributed by atoms with Gasteiger partial charge >= 0.3 is 0 Å². The molecule has 0 aliphatic carbocycles. The third-order valence-corrected chi connectivity index (χ3v) is 4.58.